The quantitative estimate of drug-likeness (QED) is 0.190. The molecular formula is C35H34F3N7O3. The summed E-state index contributed by atoms with van der Waals surface area (Å²) in [6.07, 6.45) is -3.67. The standard InChI is InChI=1S/C35H34F3N7O3/c1-21-10-13-45(43-21)28-17-25(24-7-6-22-4-2-3-5-23(22)16-24)8-9-26(28)31(35(36,37)38)48-30-18-29(41-33(39)42-30)44-14-11-34(12-15-44)19-27(32(46)47)40-20-34/h2-10,13,16-18,27,31,40H,11-12,14-15,19-20H2,1H3,(H,46,47)(H2,39,41,42)/t27-,31+/m0/s1. The van der Waals surface area contributed by atoms with Crippen molar-refractivity contribution in [1.82, 2.24) is 25.1 Å². The van der Waals surface area contributed by atoms with Gasteiger partial charge in [-0.05, 0) is 71.7 Å². The zero-order chi connectivity index (χ0) is 33.6. The van der Waals surface area contributed by atoms with E-state index in [-0.39, 0.29) is 28.5 Å². The highest BCUT2D eigenvalue weighted by Crippen LogP contribution is 2.43. The average Bonchev–Trinajstić information content (AvgIpc) is 3.69. The van der Waals surface area contributed by atoms with Gasteiger partial charge >= 0.3 is 12.1 Å². The van der Waals surface area contributed by atoms with Crippen LogP contribution in [0.25, 0.3) is 27.6 Å². The maximum atomic E-state index is 14.9. The zero-order valence-electron chi connectivity index (χ0n) is 26.1. The molecule has 13 heteroatoms. The van der Waals surface area contributed by atoms with Crippen molar-refractivity contribution in [3.8, 4) is 22.7 Å². The molecule has 2 saturated heterocycles. The van der Waals surface area contributed by atoms with Crippen LogP contribution in [0.4, 0.5) is 24.9 Å². The van der Waals surface area contributed by atoms with Gasteiger partial charge in [-0.25, -0.2) is 4.68 Å². The molecule has 2 aliphatic heterocycles. The smallest absolute Gasteiger partial charge is 0.429 e. The van der Waals surface area contributed by atoms with Crippen molar-refractivity contribution < 1.29 is 27.8 Å². The minimum absolute atomic E-state index is 0.143. The van der Waals surface area contributed by atoms with Gasteiger partial charge in [-0.3, -0.25) is 4.79 Å². The van der Waals surface area contributed by atoms with Crippen molar-refractivity contribution in [1.29, 1.82) is 0 Å². The molecule has 4 heterocycles. The first-order chi connectivity index (χ1) is 23.0. The highest BCUT2D eigenvalue weighted by molar-refractivity contribution is 5.87. The van der Waals surface area contributed by atoms with E-state index in [0.717, 1.165) is 21.9 Å². The number of aryl methyl sites for hydroxylation is 1. The summed E-state index contributed by atoms with van der Waals surface area (Å²) in [5, 5.41) is 19.0. The number of carboxylic acids is 1. The second-order valence-corrected chi connectivity index (χ2v) is 12.7. The molecule has 10 nitrogen and oxygen atoms in total. The molecule has 0 bridgehead atoms. The molecule has 2 fully saturated rings. The highest BCUT2D eigenvalue weighted by atomic mass is 19.4. The van der Waals surface area contributed by atoms with Gasteiger partial charge in [0.25, 0.3) is 0 Å². The molecule has 0 amide bonds. The Balaban J connectivity index is 1.20. The predicted octanol–water partition coefficient (Wildman–Crippen LogP) is 6.09. The number of aliphatic carboxylic acids is 1. The number of rotatable bonds is 7. The number of hydrogen-bond donors (Lipinski definition) is 3. The number of benzene rings is 3. The first-order valence-corrected chi connectivity index (χ1v) is 15.7. The number of fused-ring (bicyclic) bond motifs is 1. The SMILES string of the molecule is Cc1ccn(-c2cc(-c3ccc4ccccc4c3)ccc2[C@@H](Oc2cc(N3CCC4(CC3)CN[C@H](C(=O)O)C4)nc(N)n2)C(F)(F)F)n1. The molecule has 248 valence electrons. The van der Waals surface area contributed by atoms with Gasteiger partial charge in [-0.15, -0.1) is 0 Å². The molecular weight excluding hydrogens is 623 g/mol. The number of nitrogens with one attached hydrogen (secondary N) is 1. The Morgan fingerprint density at radius 3 is 2.44 bits per heavy atom. The molecule has 3 aromatic carbocycles. The van der Waals surface area contributed by atoms with Crippen LogP contribution in [0.1, 0.15) is 36.6 Å². The van der Waals surface area contributed by atoms with Gasteiger partial charge in [0.15, 0.2) is 0 Å². The Hall–Kier alpha value is -5.17. The molecule has 0 unspecified atom stereocenters. The van der Waals surface area contributed by atoms with Crippen LogP contribution in [0.5, 0.6) is 5.88 Å². The van der Waals surface area contributed by atoms with Gasteiger partial charge in [-0.1, -0.05) is 48.5 Å². The third-order valence-corrected chi connectivity index (χ3v) is 9.41. The summed E-state index contributed by atoms with van der Waals surface area (Å²) in [7, 11) is 0. The van der Waals surface area contributed by atoms with Gasteiger partial charge in [0.2, 0.25) is 17.9 Å². The number of alkyl halides is 3. The van der Waals surface area contributed by atoms with Gasteiger partial charge < -0.3 is 25.8 Å². The number of anilines is 2. The number of ether oxygens (including phenoxy) is 1. The highest BCUT2D eigenvalue weighted by Gasteiger charge is 2.46. The summed E-state index contributed by atoms with van der Waals surface area (Å²) >= 11 is 0. The summed E-state index contributed by atoms with van der Waals surface area (Å²) in [6, 6.07) is 21.1. The second kappa shape index (κ2) is 12.1. The fourth-order valence-electron chi connectivity index (χ4n) is 6.82. The van der Waals surface area contributed by atoms with E-state index in [1.807, 2.05) is 47.4 Å². The minimum Gasteiger partial charge on any atom is -0.480 e. The molecule has 2 aromatic heterocycles. The number of nitrogens with zero attached hydrogens (tertiary/aromatic N) is 5. The molecule has 0 saturated carbocycles. The van der Waals surface area contributed by atoms with Crippen LogP contribution in [0, 0.1) is 12.3 Å². The van der Waals surface area contributed by atoms with Crippen molar-refractivity contribution in [3.05, 3.63) is 90.3 Å². The third-order valence-electron chi connectivity index (χ3n) is 9.41. The number of nitrogen functional groups attached to an aromatic ring is 1. The van der Waals surface area contributed by atoms with Crippen molar-refractivity contribution in [2.75, 3.05) is 30.3 Å². The number of hydrogen-bond acceptors (Lipinski definition) is 8. The summed E-state index contributed by atoms with van der Waals surface area (Å²) in [5.41, 5.74) is 8.13. The third kappa shape index (κ3) is 6.25. The van der Waals surface area contributed by atoms with Crippen molar-refractivity contribution >= 4 is 28.5 Å². The lowest BCUT2D eigenvalue weighted by Crippen LogP contribution is -2.41. The molecule has 5 aromatic rings. The zero-order valence-corrected chi connectivity index (χ0v) is 26.1. The molecule has 1 spiro atoms. The number of piperidine rings is 1. The lowest BCUT2D eigenvalue weighted by Gasteiger charge is -2.39. The first-order valence-electron chi connectivity index (χ1n) is 15.7. The van der Waals surface area contributed by atoms with E-state index in [0.29, 0.717) is 50.4 Å². The fraction of sp³-hybridized carbons (Fsp3) is 0.314. The van der Waals surface area contributed by atoms with Crippen molar-refractivity contribution in [3.63, 3.8) is 0 Å². The van der Waals surface area contributed by atoms with Crippen molar-refractivity contribution in [2.45, 2.75) is 44.5 Å². The van der Waals surface area contributed by atoms with E-state index in [1.165, 1.54) is 16.8 Å². The summed E-state index contributed by atoms with van der Waals surface area (Å²) in [6.45, 7) is 3.43. The molecule has 7 rings (SSSR count). The van der Waals surface area contributed by atoms with Gasteiger partial charge in [0, 0.05) is 37.5 Å². The number of halogens is 3. The lowest BCUT2D eigenvalue weighted by molar-refractivity contribution is -0.198. The number of carboxylic acid groups (broad SMARTS) is 1. The Bertz CT molecular complexity index is 1990. The van der Waals surface area contributed by atoms with Gasteiger partial charge in [-0.2, -0.15) is 28.2 Å². The van der Waals surface area contributed by atoms with Crippen LogP contribution in [0.2, 0.25) is 0 Å². The van der Waals surface area contributed by atoms with E-state index in [1.54, 1.807) is 31.3 Å². The van der Waals surface area contributed by atoms with E-state index in [9.17, 15) is 23.1 Å². The van der Waals surface area contributed by atoms with Crippen LogP contribution in [0.15, 0.2) is 79.0 Å². The maximum absolute atomic E-state index is 14.9. The van der Waals surface area contributed by atoms with Crippen LogP contribution in [-0.4, -0.2) is 62.7 Å². The van der Waals surface area contributed by atoms with E-state index >= 15 is 0 Å². The average molecular weight is 658 g/mol. The molecule has 2 aliphatic rings. The van der Waals surface area contributed by atoms with Crippen LogP contribution in [0.3, 0.4) is 0 Å². The number of aromatic nitrogens is 4. The van der Waals surface area contributed by atoms with Crippen LogP contribution < -0.4 is 20.7 Å². The topological polar surface area (TPSA) is 131 Å². The summed E-state index contributed by atoms with van der Waals surface area (Å²) in [4.78, 5) is 21.7. The van der Waals surface area contributed by atoms with E-state index in [4.69, 9.17) is 10.5 Å². The molecule has 0 radical (unpaired) electrons. The van der Waals surface area contributed by atoms with Crippen LogP contribution in [-0.2, 0) is 4.79 Å². The fourth-order valence-corrected chi connectivity index (χ4v) is 6.82. The normalized spacial score (nSPS) is 18.3. The Morgan fingerprint density at radius 2 is 1.75 bits per heavy atom. The largest absolute Gasteiger partial charge is 0.480 e. The van der Waals surface area contributed by atoms with E-state index < -0.39 is 24.3 Å². The Morgan fingerprint density at radius 1 is 1.02 bits per heavy atom. The van der Waals surface area contributed by atoms with E-state index in [2.05, 4.69) is 20.4 Å². The number of carbonyl (C=O) groups is 1. The molecule has 2 atom stereocenters. The molecule has 48 heavy (non-hydrogen) atoms. The predicted molar refractivity (Wildman–Crippen MR) is 175 cm³/mol. The second-order valence-electron chi connectivity index (χ2n) is 12.7. The van der Waals surface area contributed by atoms with Crippen LogP contribution >= 0.6 is 0 Å². The molecule has 4 N–H and O–H groups in total. The lowest BCUT2D eigenvalue weighted by atomic mass is 9.76. The number of nitrogens with two attached hydrogens (primary N) is 1. The monoisotopic (exact) mass is 657 g/mol. The Labute approximate surface area is 274 Å². The van der Waals surface area contributed by atoms with Gasteiger partial charge in [0.1, 0.15) is 11.9 Å². The van der Waals surface area contributed by atoms with Crippen molar-refractivity contribution in [2.24, 2.45) is 5.41 Å². The minimum atomic E-state index is -4.82. The Kier molecular flexibility index (Phi) is 7.94. The maximum Gasteiger partial charge on any atom is 0.429 e. The molecule has 0 aliphatic carbocycles. The summed E-state index contributed by atoms with van der Waals surface area (Å²) < 4.78 is 51.9. The summed E-state index contributed by atoms with van der Waals surface area (Å²) in [5.74, 6) is -1.04. The van der Waals surface area contributed by atoms with Gasteiger partial charge in [0.05, 0.1) is 11.4 Å². The first kappa shape index (κ1) is 31.4.